The van der Waals surface area contributed by atoms with Crippen LogP contribution in [-0.4, -0.2) is 0 Å². The van der Waals surface area contributed by atoms with Crippen LogP contribution in [0.4, 0.5) is 0 Å². The molecule has 0 aromatic rings. The van der Waals surface area contributed by atoms with E-state index in [1.54, 1.807) is 0 Å². The van der Waals surface area contributed by atoms with Crippen LogP contribution in [0.5, 0.6) is 0 Å². The molecule has 1 rings (SSSR count). The van der Waals surface area contributed by atoms with E-state index in [-0.39, 0.29) is 0 Å². The van der Waals surface area contributed by atoms with Gasteiger partial charge in [0.25, 0.3) is 0 Å². The van der Waals surface area contributed by atoms with Gasteiger partial charge in [-0.2, -0.15) is 0 Å². The largest absolute Gasteiger partial charge is 0.0845 e. The molecule has 0 unspecified atom stereocenters. The molecule has 0 atom stereocenters. The van der Waals surface area contributed by atoms with E-state index in [0.29, 0.717) is 0 Å². The molecule has 29 heavy (non-hydrogen) atoms. The number of allylic oxidation sites excluding steroid dienone is 10. The van der Waals surface area contributed by atoms with Gasteiger partial charge in [0.2, 0.25) is 0 Å². The minimum atomic E-state index is 1.10. The van der Waals surface area contributed by atoms with Crippen molar-refractivity contribution in [2.24, 2.45) is 0 Å². The average Bonchev–Trinajstić information content (AvgIpc) is 2.73. The Balaban J connectivity index is 2.21. The van der Waals surface area contributed by atoms with Crippen LogP contribution in [0.3, 0.4) is 0 Å². The van der Waals surface area contributed by atoms with E-state index >= 15 is 0 Å². The zero-order chi connectivity index (χ0) is 20.5. The lowest BCUT2D eigenvalue weighted by atomic mass is 10.0. The van der Waals surface area contributed by atoms with Gasteiger partial charge in [-0.15, -0.1) is 0 Å². The van der Waals surface area contributed by atoms with Crippen LogP contribution in [-0.2, 0) is 0 Å². The van der Waals surface area contributed by atoms with Crippen molar-refractivity contribution < 1.29 is 0 Å². The standard InChI is InChI=1S/C29H47/c1-2-4-6-8-10-12-14-16-18-20-22-24-26-28-29-27-25-23-21-19-17-15-13-11-9-7-5-3-1/h1-9H,10,12-29H2/b3-1-,4-2+,7-5-,8-6-,11-9?. The van der Waals surface area contributed by atoms with Crippen LogP contribution in [0.25, 0.3) is 0 Å². The highest BCUT2D eigenvalue weighted by molar-refractivity contribution is 5.17. The Bertz CT molecular complexity index is 418. The van der Waals surface area contributed by atoms with Gasteiger partial charge in [-0.25, -0.2) is 0 Å². The summed E-state index contributed by atoms with van der Waals surface area (Å²) in [4.78, 5) is 0. The molecule has 0 heteroatoms. The van der Waals surface area contributed by atoms with Crippen LogP contribution < -0.4 is 0 Å². The molecule has 0 N–H and O–H groups in total. The Morgan fingerprint density at radius 1 is 0.345 bits per heavy atom. The van der Waals surface area contributed by atoms with Crippen molar-refractivity contribution in [3.63, 3.8) is 0 Å². The lowest BCUT2D eigenvalue weighted by Gasteiger charge is -2.03. The maximum atomic E-state index is 3.39. The molecule has 0 aromatic carbocycles. The highest BCUT2D eigenvalue weighted by Gasteiger charge is 1.95. The van der Waals surface area contributed by atoms with Gasteiger partial charge < -0.3 is 0 Å². The molecule has 0 spiro atoms. The van der Waals surface area contributed by atoms with Gasteiger partial charge in [0, 0.05) is 0 Å². The Morgan fingerprint density at radius 2 is 0.724 bits per heavy atom. The third kappa shape index (κ3) is 21.2. The second-order valence-corrected chi connectivity index (χ2v) is 8.50. The smallest absolute Gasteiger partial charge is 0.0276 e. The number of rotatable bonds is 0. The van der Waals surface area contributed by atoms with Crippen LogP contribution >= 0.6 is 0 Å². The van der Waals surface area contributed by atoms with Gasteiger partial charge in [0.05, 0.1) is 0 Å². The first-order chi connectivity index (χ1) is 14.5. The third-order valence-electron chi connectivity index (χ3n) is 5.71. The summed E-state index contributed by atoms with van der Waals surface area (Å²) in [7, 11) is 0. The molecule has 0 aromatic heterocycles. The quantitative estimate of drug-likeness (QED) is 0.382. The Labute approximate surface area is 183 Å². The summed E-state index contributed by atoms with van der Waals surface area (Å²) in [6.45, 7) is 0. The first-order valence-corrected chi connectivity index (χ1v) is 12.7. The van der Waals surface area contributed by atoms with Crippen molar-refractivity contribution in [3.8, 4) is 0 Å². The van der Waals surface area contributed by atoms with E-state index < -0.39 is 0 Å². The van der Waals surface area contributed by atoms with E-state index in [1.165, 1.54) is 116 Å². The minimum absolute atomic E-state index is 1.10. The second-order valence-electron chi connectivity index (χ2n) is 8.50. The summed E-state index contributed by atoms with van der Waals surface area (Å²) in [6.07, 6.45) is 49.0. The van der Waals surface area contributed by atoms with E-state index in [2.05, 4.69) is 60.8 Å². The van der Waals surface area contributed by atoms with E-state index in [9.17, 15) is 0 Å². The first-order valence-electron chi connectivity index (χ1n) is 12.7. The summed E-state index contributed by atoms with van der Waals surface area (Å²) < 4.78 is 0. The molecule has 1 radical (unpaired) electrons. The molecule has 0 saturated carbocycles. The van der Waals surface area contributed by atoms with Gasteiger partial charge in [0.15, 0.2) is 0 Å². The maximum absolute atomic E-state index is 3.39. The molecule has 0 fully saturated rings. The summed E-state index contributed by atoms with van der Waals surface area (Å²) in [5.74, 6) is 0. The van der Waals surface area contributed by atoms with Crippen LogP contribution in [0.15, 0.2) is 54.7 Å². The molecular weight excluding hydrogens is 348 g/mol. The molecule has 0 nitrogen and oxygen atoms in total. The van der Waals surface area contributed by atoms with Gasteiger partial charge in [-0.05, 0) is 31.8 Å². The molecule has 0 bridgehead atoms. The predicted molar refractivity (Wildman–Crippen MR) is 132 cm³/mol. The zero-order valence-electron chi connectivity index (χ0n) is 19.1. The van der Waals surface area contributed by atoms with Crippen molar-refractivity contribution in [2.45, 2.75) is 122 Å². The van der Waals surface area contributed by atoms with Crippen molar-refractivity contribution in [1.82, 2.24) is 0 Å². The fourth-order valence-electron chi connectivity index (χ4n) is 3.84. The fraction of sp³-hybridized carbons (Fsp3) is 0.655. The predicted octanol–water partition coefficient (Wildman–Crippen LogP) is 10.00. The zero-order valence-corrected chi connectivity index (χ0v) is 19.1. The molecule has 163 valence electrons. The van der Waals surface area contributed by atoms with Gasteiger partial charge in [0.1, 0.15) is 0 Å². The van der Waals surface area contributed by atoms with Crippen molar-refractivity contribution in [3.05, 3.63) is 60.8 Å². The molecule has 1 aliphatic rings. The molecular formula is C29H47. The molecule has 0 amide bonds. The summed E-state index contributed by atoms with van der Waals surface area (Å²) in [5, 5.41) is 0. The number of hydrogen-bond acceptors (Lipinski definition) is 0. The van der Waals surface area contributed by atoms with E-state index in [1.807, 2.05) is 0 Å². The van der Waals surface area contributed by atoms with Gasteiger partial charge in [-0.1, -0.05) is 151 Å². The highest BCUT2D eigenvalue weighted by Crippen LogP contribution is 2.14. The lowest BCUT2D eigenvalue weighted by molar-refractivity contribution is 0.526. The molecule has 0 aliphatic heterocycles. The van der Waals surface area contributed by atoms with Crippen LogP contribution in [0, 0.1) is 6.08 Å². The third-order valence-corrected chi connectivity index (χ3v) is 5.71. The Kier molecular flexibility index (Phi) is 20.4. The van der Waals surface area contributed by atoms with E-state index in [0.717, 1.165) is 6.42 Å². The monoisotopic (exact) mass is 395 g/mol. The van der Waals surface area contributed by atoms with Crippen LogP contribution in [0.2, 0.25) is 0 Å². The summed E-state index contributed by atoms with van der Waals surface area (Å²) >= 11 is 0. The average molecular weight is 396 g/mol. The topological polar surface area (TPSA) is 0 Å². The maximum Gasteiger partial charge on any atom is -0.0276 e. The van der Waals surface area contributed by atoms with Crippen molar-refractivity contribution in [1.29, 1.82) is 0 Å². The second kappa shape index (κ2) is 23.0. The van der Waals surface area contributed by atoms with Crippen molar-refractivity contribution in [2.75, 3.05) is 0 Å². The fourth-order valence-corrected chi connectivity index (χ4v) is 3.84. The SMILES string of the molecule is [C]1=C/C=C\C=C/C=C/C=C\CCCCCCCCCCCCCCCCCCC/1. The van der Waals surface area contributed by atoms with E-state index in [4.69, 9.17) is 0 Å². The van der Waals surface area contributed by atoms with Gasteiger partial charge >= 0.3 is 0 Å². The number of hydrogen-bond donors (Lipinski definition) is 0. The Morgan fingerprint density at radius 3 is 1.24 bits per heavy atom. The van der Waals surface area contributed by atoms with Crippen LogP contribution in [0.1, 0.15) is 122 Å². The Hall–Kier alpha value is -1.30. The minimum Gasteiger partial charge on any atom is -0.0845 e. The normalized spacial score (nSPS) is 26.8. The highest BCUT2D eigenvalue weighted by atomic mass is 14.0. The molecule has 1 aliphatic carbocycles. The lowest BCUT2D eigenvalue weighted by Crippen LogP contribution is -1.84. The molecule has 0 heterocycles. The molecule has 0 saturated heterocycles. The first kappa shape index (κ1) is 25.7. The van der Waals surface area contributed by atoms with Gasteiger partial charge in [-0.3, -0.25) is 0 Å². The summed E-state index contributed by atoms with van der Waals surface area (Å²) in [5.41, 5.74) is 0. The van der Waals surface area contributed by atoms with Crippen molar-refractivity contribution >= 4 is 0 Å². The summed E-state index contributed by atoms with van der Waals surface area (Å²) in [6, 6.07) is 0.